The van der Waals surface area contributed by atoms with Crippen molar-refractivity contribution in [3.8, 4) is 34.0 Å². The van der Waals surface area contributed by atoms with Crippen LogP contribution < -0.4 is 4.74 Å². The molecule has 0 N–H and O–H groups in total. The van der Waals surface area contributed by atoms with Gasteiger partial charge in [-0.25, -0.2) is 0 Å². The minimum atomic E-state index is 0.879. The van der Waals surface area contributed by atoms with Crippen molar-refractivity contribution in [2.45, 2.75) is 0 Å². The maximum Gasteiger partial charge on any atom is 0.152 e. The van der Waals surface area contributed by atoms with Crippen molar-refractivity contribution in [3.63, 3.8) is 0 Å². The quantitative estimate of drug-likeness (QED) is 0.232. The van der Waals surface area contributed by atoms with Crippen LogP contribution in [0.1, 0.15) is 0 Å². The van der Waals surface area contributed by atoms with Crippen LogP contribution in [-0.4, -0.2) is 9.13 Å². The predicted molar refractivity (Wildman–Crippen MR) is 161 cm³/mol. The summed E-state index contributed by atoms with van der Waals surface area (Å²) in [6.45, 7) is 0. The Bertz CT molecular complexity index is 2210. The zero-order valence-corrected chi connectivity index (χ0v) is 21.0. The first-order chi connectivity index (χ1) is 19.3. The lowest BCUT2D eigenvalue weighted by Gasteiger charge is -2.21. The van der Waals surface area contributed by atoms with Gasteiger partial charge in [0, 0.05) is 27.2 Å². The highest BCUT2D eigenvalue weighted by molar-refractivity contribution is 6.13. The maximum atomic E-state index is 6.53. The molecule has 6 aromatic carbocycles. The number of hydrogen-bond acceptors (Lipinski definition) is 1. The third-order valence-electron chi connectivity index (χ3n) is 8.08. The largest absolute Gasteiger partial charge is 0.453 e. The second kappa shape index (κ2) is 7.62. The first-order valence-electron chi connectivity index (χ1n) is 13.3. The molecule has 0 unspecified atom stereocenters. The van der Waals surface area contributed by atoms with E-state index in [2.05, 4.69) is 137 Å². The molecule has 1 aliphatic rings. The Morgan fingerprint density at radius 3 is 1.77 bits per heavy atom. The molecule has 0 saturated heterocycles. The normalized spacial score (nSPS) is 12.3. The molecule has 0 fully saturated rings. The number of aromatic nitrogens is 2. The molecule has 3 nitrogen and oxygen atoms in total. The van der Waals surface area contributed by atoms with Gasteiger partial charge in [0.2, 0.25) is 0 Å². The molecule has 0 spiro atoms. The highest BCUT2D eigenvalue weighted by Crippen LogP contribution is 2.47. The van der Waals surface area contributed by atoms with Gasteiger partial charge in [0.15, 0.2) is 11.5 Å². The number of para-hydroxylation sites is 5. The summed E-state index contributed by atoms with van der Waals surface area (Å²) in [5.41, 5.74) is 9.27. The number of fused-ring (bicyclic) bond motifs is 8. The van der Waals surface area contributed by atoms with Gasteiger partial charge in [-0.05, 0) is 65.7 Å². The van der Waals surface area contributed by atoms with Gasteiger partial charge in [-0.1, -0.05) is 78.9 Å². The summed E-state index contributed by atoms with van der Waals surface area (Å²) in [6, 6.07) is 47.6. The second-order valence-electron chi connectivity index (χ2n) is 10.2. The Hall–Kier alpha value is -5.28. The summed E-state index contributed by atoms with van der Waals surface area (Å²) in [6.07, 6.45) is 0. The van der Waals surface area contributed by atoms with Crippen LogP contribution in [0.3, 0.4) is 0 Å². The van der Waals surface area contributed by atoms with E-state index in [1.807, 2.05) is 6.07 Å². The Morgan fingerprint density at radius 1 is 0.410 bits per heavy atom. The Kier molecular flexibility index (Phi) is 4.05. The van der Waals surface area contributed by atoms with Gasteiger partial charge in [-0.3, -0.25) is 0 Å². The van der Waals surface area contributed by atoms with Gasteiger partial charge in [-0.2, -0.15) is 0 Å². The van der Waals surface area contributed by atoms with Crippen LogP contribution in [0.15, 0.2) is 133 Å². The van der Waals surface area contributed by atoms with Crippen molar-refractivity contribution in [2.75, 3.05) is 0 Å². The molecular formula is C36H22N2O. The molecule has 0 radical (unpaired) electrons. The van der Waals surface area contributed by atoms with Crippen LogP contribution in [0, 0.1) is 0 Å². The van der Waals surface area contributed by atoms with Gasteiger partial charge in [0.05, 0.1) is 27.8 Å². The monoisotopic (exact) mass is 498 g/mol. The van der Waals surface area contributed by atoms with E-state index in [1.54, 1.807) is 0 Å². The molecule has 39 heavy (non-hydrogen) atoms. The van der Waals surface area contributed by atoms with Crippen molar-refractivity contribution in [2.24, 2.45) is 0 Å². The molecule has 8 aromatic rings. The van der Waals surface area contributed by atoms with E-state index in [0.717, 1.165) is 39.5 Å². The number of hydrogen-bond donors (Lipinski definition) is 0. The lowest BCUT2D eigenvalue weighted by Crippen LogP contribution is -2.04. The average Bonchev–Trinajstić information content (AvgIpc) is 3.52. The molecule has 3 heterocycles. The van der Waals surface area contributed by atoms with Crippen molar-refractivity contribution in [3.05, 3.63) is 133 Å². The van der Waals surface area contributed by atoms with E-state index in [0.29, 0.717) is 0 Å². The molecule has 1 aliphatic heterocycles. The SMILES string of the molecule is c1cc(-c2cc3c4c(c2)c2ccccc2n4-c2ccccc2O3)cc(-n2c3ccccc3c3ccccc32)c1. The van der Waals surface area contributed by atoms with Crippen LogP contribution in [-0.2, 0) is 0 Å². The van der Waals surface area contributed by atoms with Crippen LogP contribution in [0.5, 0.6) is 11.5 Å². The van der Waals surface area contributed by atoms with E-state index in [1.165, 1.54) is 38.1 Å². The topological polar surface area (TPSA) is 19.1 Å². The highest BCUT2D eigenvalue weighted by Gasteiger charge is 2.24. The molecular weight excluding hydrogens is 476 g/mol. The first kappa shape index (κ1) is 20.7. The molecule has 3 heteroatoms. The Morgan fingerprint density at radius 2 is 1.03 bits per heavy atom. The van der Waals surface area contributed by atoms with Gasteiger partial charge < -0.3 is 13.9 Å². The van der Waals surface area contributed by atoms with Gasteiger partial charge in [0.1, 0.15) is 0 Å². The molecule has 0 amide bonds. The van der Waals surface area contributed by atoms with Crippen LogP contribution in [0.25, 0.3) is 66.1 Å². The van der Waals surface area contributed by atoms with E-state index >= 15 is 0 Å². The van der Waals surface area contributed by atoms with Gasteiger partial charge in [-0.15, -0.1) is 0 Å². The minimum absolute atomic E-state index is 0.879. The smallest absolute Gasteiger partial charge is 0.152 e. The number of nitrogens with zero attached hydrogens (tertiary/aromatic N) is 2. The molecule has 182 valence electrons. The van der Waals surface area contributed by atoms with Crippen LogP contribution in [0.2, 0.25) is 0 Å². The summed E-state index contributed by atoms with van der Waals surface area (Å²) >= 11 is 0. The van der Waals surface area contributed by atoms with Crippen molar-refractivity contribution < 1.29 is 4.74 Å². The van der Waals surface area contributed by atoms with Crippen LogP contribution >= 0.6 is 0 Å². The fraction of sp³-hybridized carbons (Fsp3) is 0. The minimum Gasteiger partial charge on any atom is -0.453 e. The molecule has 0 aliphatic carbocycles. The van der Waals surface area contributed by atoms with E-state index in [9.17, 15) is 0 Å². The lowest BCUT2D eigenvalue weighted by atomic mass is 10.0. The molecule has 9 rings (SSSR count). The molecule has 0 atom stereocenters. The first-order valence-corrected chi connectivity index (χ1v) is 13.3. The Balaban J connectivity index is 1.31. The average molecular weight is 499 g/mol. The summed E-state index contributed by atoms with van der Waals surface area (Å²) in [5, 5.41) is 4.97. The summed E-state index contributed by atoms with van der Waals surface area (Å²) in [5.74, 6) is 1.77. The summed E-state index contributed by atoms with van der Waals surface area (Å²) in [7, 11) is 0. The fourth-order valence-electron chi connectivity index (χ4n) is 6.43. The van der Waals surface area contributed by atoms with E-state index in [4.69, 9.17) is 4.74 Å². The number of rotatable bonds is 2. The highest BCUT2D eigenvalue weighted by atomic mass is 16.5. The third-order valence-corrected chi connectivity index (χ3v) is 8.08. The van der Waals surface area contributed by atoms with Crippen molar-refractivity contribution >= 4 is 43.6 Å². The van der Waals surface area contributed by atoms with Crippen molar-refractivity contribution in [1.82, 2.24) is 9.13 Å². The van der Waals surface area contributed by atoms with Crippen LogP contribution in [0.4, 0.5) is 0 Å². The lowest BCUT2D eigenvalue weighted by molar-refractivity contribution is 0.476. The van der Waals surface area contributed by atoms with Gasteiger partial charge in [0.25, 0.3) is 0 Å². The molecule has 0 bridgehead atoms. The second-order valence-corrected chi connectivity index (χ2v) is 10.2. The summed E-state index contributed by atoms with van der Waals surface area (Å²) in [4.78, 5) is 0. The summed E-state index contributed by atoms with van der Waals surface area (Å²) < 4.78 is 11.2. The molecule has 2 aromatic heterocycles. The zero-order valence-electron chi connectivity index (χ0n) is 21.0. The Labute approximate surface area is 224 Å². The molecule has 0 saturated carbocycles. The predicted octanol–water partition coefficient (Wildman–Crippen LogP) is 9.65. The van der Waals surface area contributed by atoms with E-state index < -0.39 is 0 Å². The van der Waals surface area contributed by atoms with Crippen molar-refractivity contribution in [1.29, 1.82) is 0 Å². The van der Waals surface area contributed by atoms with Gasteiger partial charge >= 0.3 is 0 Å². The third kappa shape index (κ3) is 2.82. The number of ether oxygens (including phenoxy) is 1. The standard InChI is InChI=1S/C36H22N2O/c1-4-15-30-26(12-1)27-13-2-5-16-31(27)37(30)25-11-9-10-23(20-25)24-21-29-28-14-3-6-17-32(28)38-33-18-7-8-19-34(33)39-35(22-24)36(29)38/h1-22H. The maximum absolute atomic E-state index is 6.53. The zero-order chi connectivity index (χ0) is 25.5. The number of benzene rings is 6. The fourth-order valence-corrected chi connectivity index (χ4v) is 6.43. The van der Waals surface area contributed by atoms with E-state index in [-0.39, 0.29) is 0 Å².